The fourth-order valence-electron chi connectivity index (χ4n) is 1.85. The van der Waals surface area contributed by atoms with Crippen molar-refractivity contribution < 1.29 is 4.74 Å². The Balaban J connectivity index is 2.38. The third kappa shape index (κ3) is 3.73. The number of halogens is 1. The van der Waals surface area contributed by atoms with Crippen molar-refractivity contribution in [3.8, 4) is 5.75 Å². The number of ether oxygens (including phenoxy) is 1. The fraction of sp³-hybridized carbons (Fsp3) is 0.375. The summed E-state index contributed by atoms with van der Waals surface area (Å²) in [6.07, 6.45) is 0. The van der Waals surface area contributed by atoms with Crippen molar-refractivity contribution in [3.63, 3.8) is 0 Å². The Morgan fingerprint density at radius 3 is 2.24 bits per heavy atom. The maximum Gasteiger partial charge on any atom is 0.137 e. The third-order valence-electron chi connectivity index (χ3n) is 3.16. The van der Waals surface area contributed by atoms with Gasteiger partial charge in [-0.2, -0.15) is 0 Å². The van der Waals surface area contributed by atoms with Gasteiger partial charge < -0.3 is 9.64 Å². The molecule has 0 atom stereocenters. The van der Waals surface area contributed by atoms with E-state index in [0.29, 0.717) is 0 Å². The maximum absolute atomic E-state index is 5.19. The van der Waals surface area contributed by atoms with Crippen LogP contribution in [0.15, 0.2) is 34.9 Å². The quantitative estimate of drug-likeness (QED) is 0.773. The van der Waals surface area contributed by atoms with Crippen LogP contribution >= 0.6 is 15.9 Å². The molecular weight excluding hydrogens is 330 g/mol. The molecule has 1 aromatic carbocycles. The van der Waals surface area contributed by atoms with Gasteiger partial charge in [-0.25, -0.2) is 9.97 Å². The van der Waals surface area contributed by atoms with Gasteiger partial charge >= 0.3 is 0 Å². The second-order valence-corrected chi connectivity index (χ2v) is 6.69. The van der Waals surface area contributed by atoms with Crippen molar-refractivity contribution in [3.05, 3.63) is 40.8 Å². The lowest BCUT2D eigenvalue weighted by Gasteiger charge is -2.22. The van der Waals surface area contributed by atoms with Crippen LogP contribution in [-0.4, -0.2) is 24.1 Å². The van der Waals surface area contributed by atoms with Gasteiger partial charge in [0.05, 0.1) is 7.11 Å². The molecule has 0 radical (unpaired) electrons. The van der Waals surface area contributed by atoms with Gasteiger partial charge in [0, 0.05) is 24.2 Å². The van der Waals surface area contributed by atoms with Crippen LogP contribution in [0.1, 0.15) is 26.6 Å². The van der Waals surface area contributed by atoms with E-state index in [0.717, 1.165) is 27.7 Å². The fourth-order valence-corrected chi connectivity index (χ4v) is 2.22. The normalized spacial score (nSPS) is 11.3. The van der Waals surface area contributed by atoms with Crippen LogP contribution in [0.4, 0.5) is 11.5 Å². The van der Waals surface area contributed by atoms with Gasteiger partial charge in [-0.15, -0.1) is 0 Å². The largest absolute Gasteiger partial charge is 0.497 e. The number of methoxy groups -OCH3 is 1. The molecule has 0 saturated carbocycles. The van der Waals surface area contributed by atoms with Crippen LogP contribution in [0.2, 0.25) is 0 Å². The van der Waals surface area contributed by atoms with Gasteiger partial charge in [-0.05, 0) is 40.2 Å². The Labute approximate surface area is 134 Å². The van der Waals surface area contributed by atoms with E-state index >= 15 is 0 Å². The van der Waals surface area contributed by atoms with E-state index in [-0.39, 0.29) is 5.41 Å². The van der Waals surface area contributed by atoms with Gasteiger partial charge in [0.15, 0.2) is 0 Å². The highest BCUT2D eigenvalue weighted by Crippen LogP contribution is 2.28. The zero-order valence-corrected chi connectivity index (χ0v) is 14.6. The second kappa shape index (κ2) is 6.02. The van der Waals surface area contributed by atoms with Crippen molar-refractivity contribution in [2.24, 2.45) is 0 Å². The predicted octanol–water partition coefficient (Wildman–Crippen LogP) is 4.31. The molecule has 0 saturated heterocycles. The number of hydrogen-bond donors (Lipinski definition) is 0. The Hall–Kier alpha value is -1.62. The molecule has 2 rings (SSSR count). The Kier molecular flexibility index (Phi) is 4.52. The molecule has 0 bridgehead atoms. The molecule has 2 aromatic rings. The average Bonchev–Trinajstić information content (AvgIpc) is 2.45. The van der Waals surface area contributed by atoms with Crippen molar-refractivity contribution in [1.29, 1.82) is 0 Å². The SMILES string of the molecule is COc1ccc(N(C)c2cc(Br)nc(C(C)(C)C)n2)cc1. The predicted molar refractivity (Wildman–Crippen MR) is 89.5 cm³/mol. The van der Waals surface area contributed by atoms with Gasteiger partial charge in [-0.1, -0.05) is 20.8 Å². The molecule has 1 aromatic heterocycles. The molecule has 112 valence electrons. The first-order chi connectivity index (χ1) is 9.81. The summed E-state index contributed by atoms with van der Waals surface area (Å²) in [5.41, 5.74) is 0.945. The van der Waals surface area contributed by atoms with Gasteiger partial charge in [0.2, 0.25) is 0 Å². The molecule has 0 aliphatic heterocycles. The average molecular weight is 350 g/mol. The standard InChI is InChI=1S/C16H20BrN3O/c1-16(2,3)15-18-13(17)10-14(19-15)20(4)11-6-8-12(21-5)9-7-11/h6-10H,1-5H3. The lowest BCUT2D eigenvalue weighted by Crippen LogP contribution is -2.19. The first kappa shape index (κ1) is 15.8. The van der Waals surface area contributed by atoms with Gasteiger partial charge in [-0.3, -0.25) is 0 Å². The monoisotopic (exact) mass is 349 g/mol. The molecule has 5 heteroatoms. The summed E-state index contributed by atoms with van der Waals surface area (Å²) < 4.78 is 5.98. The maximum atomic E-state index is 5.19. The molecule has 0 N–H and O–H groups in total. The number of nitrogens with zero attached hydrogens (tertiary/aromatic N) is 3. The summed E-state index contributed by atoms with van der Waals surface area (Å²) >= 11 is 3.47. The van der Waals surface area contributed by atoms with E-state index in [1.807, 2.05) is 42.3 Å². The summed E-state index contributed by atoms with van der Waals surface area (Å²) in [5.74, 6) is 2.51. The summed E-state index contributed by atoms with van der Waals surface area (Å²) in [6.45, 7) is 6.31. The minimum absolute atomic E-state index is 0.0979. The van der Waals surface area contributed by atoms with E-state index in [1.165, 1.54) is 0 Å². The smallest absolute Gasteiger partial charge is 0.137 e. The van der Waals surface area contributed by atoms with E-state index in [1.54, 1.807) is 7.11 Å². The minimum atomic E-state index is -0.0979. The molecule has 0 unspecified atom stereocenters. The molecule has 0 spiro atoms. The van der Waals surface area contributed by atoms with E-state index in [4.69, 9.17) is 4.74 Å². The molecule has 0 aliphatic rings. The zero-order valence-electron chi connectivity index (χ0n) is 13.0. The minimum Gasteiger partial charge on any atom is -0.497 e. The van der Waals surface area contributed by atoms with Crippen LogP contribution in [0.25, 0.3) is 0 Å². The van der Waals surface area contributed by atoms with Crippen molar-refractivity contribution in [2.45, 2.75) is 26.2 Å². The molecule has 4 nitrogen and oxygen atoms in total. The summed E-state index contributed by atoms with van der Waals surface area (Å²) in [6, 6.07) is 9.80. The molecule has 0 fully saturated rings. The van der Waals surface area contributed by atoms with Crippen LogP contribution in [0, 0.1) is 0 Å². The second-order valence-electron chi connectivity index (χ2n) is 5.88. The third-order valence-corrected chi connectivity index (χ3v) is 3.56. The first-order valence-corrected chi connectivity index (χ1v) is 7.53. The number of rotatable bonds is 3. The number of anilines is 2. The Morgan fingerprint density at radius 2 is 1.71 bits per heavy atom. The summed E-state index contributed by atoms with van der Waals surface area (Å²) in [7, 11) is 3.65. The summed E-state index contributed by atoms with van der Waals surface area (Å²) in [5, 5.41) is 0. The highest BCUT2D eigenvalue weighted by molar-refractivity contribution is 9.10. The van der Waals surface area contributed by atoms with Crippen molar-refractivity contribution in [2.75, 3.05) is 19.1 Å². The Bertz CT molecular complexity index is 620. The van der Waals surface area contributed by atoms with E-state index in [9.17, 15) is 0 Å². The molecule has 0 amide bonds. The molecule has 0 aliphatic carbocycles. The van der Waals surface area contributed by atoms with Crippen LogP contribution in [0.5, 0.6) is 5.75 Å². The zero-order chi connectivity index (χ0) is 15.6. The highest BCUT2D eigenvalue weighted by Gasteiger charge is 2.20. The molecular formula is C16H20BrN3O. The van der Waals surface area contributed by atoms with Gasteiger partial charge in [0.25, 0.3) is 0 Å². The van der Waals surface area contributed by atoms with Crippen LogP contribution in [0.3, 0.4) is 0 Å². The molecule has 1 heterocycles. The van der Waals surface area contributed by atoms with Crippen molar-refractivity contribution in [1.82, 2.24) is 9.97 Å². The number of hydrogen-bond acceptors (Lipinski definition) is 4. The lowest BCUT2D eigenvalue weighted by atomic mass is 9.96. The van der Waals surface area contributed by atoms with Crippen LogP contribution < -0.4 is 9.64 Å². The lowest BCUT2D eigenvalue weighted by molar-refractivity contribution is 0.415. The Morgan fingerprint density at radius 1 is 1.10 bits per heavy atom. The van der Waals surface area contributed by atoms with Crippen molar-refractivity contribution >= 4 is 27.4 Å². The number of benzene rings is 1. The number of aromatic nitrogens is 2. The van der Waals surface area contributed by atoms with E-state index in [2.05, 4.69) is 46.7 Å². The summed E-state index contributed by atoms with van der Waals surface area (Å²) in [4.78, 5) is 11.2. The highest BCUT2D eigenvalue weighted by atomic mass is 79.9. The topological polar surface area (TPSA) is 38.2 Å². The van der Waals surface area contributed by atoms with Gasteiger partial charge in [0.1, 0.15) is 22.0 Å². The van der Waals surface area contributed by atoms with Crippen LogP contribution in [-0.2, 0) is 5.41 Å². The van der Waals surface area contributed by atoms with E-state index < -0.39 is 0 Å². The molecule has 21 heavy (non-hydrogen) atoms. The first-order valence-electron chi connectivity index (χ1n) is 6.74.